The summed E-state index contributed by atoms with van der Waals surface area (Å²) in [5.41, 5.74) is 6.13. The lowest BCUT2D eigenvalue weighted by Gasteiger charge is -2.08. The molecule has 0 amide bonds. The number of aromatic carboxylic acids is 1. The van der Waals surface area contributed by atoms with Gasteiger partial charge in [0.15, 0.2) is 0 Å². The molecule has 0 aromatic heterocycles. The minimum absolute atomic E-state index is 0.161. The molecular weight excluding hydrogens is 196 g/mol. The number of ether oxygens (including phenoxy) is 1. The first kappa shape index (κ1) is 11.3. The van der Waals surface area contributed by atoms with Crippen LogP contribution in [0.2, 0.25) is 0 Å². The summed E-state index contributed by atoms with van der Waals surface area (Å²) in [4.78, 5) is 10.6. The summed E-state index contributed by atoms with van der Waals surface area (Å²) >= 11 is 0. The molecule has 0 heterocycles. The SMILES string of the molecule is CNCCOc1ccc(C(=O)O)cc1N. The van der Waals surface area contributed by atoms with Crippen LogP contribution in [0, 0.1) is 0 Å². The van der Waals surface area contributed by atoms with Crippen molar-refractivity contribution in [1.82, 2.24) is 5.32 Å². The summed E-state index contributed by atoms with van der Waals surface area (Å²) in [6, 6.07) is 4.42. The highest BCUT2D eigenvalue weighted by molar-refractivity contribution is 5.89. The number of nitrogens with two attached hydrogens (primary N) is 1. The van der Waals surface area contributed by atoms with Gasteiger partial charge in [-0.2, -0.15) is 0 Å². The first-order valence-electron chi connectivity index (χ1n) is 4.55. The summed E-state index contributed by atoms with van der Waals surface area (Å²) < 4.78 is 5.33. The average molecular weight is 210 g/mol. The van der Waals surface area contributed by atoms with Crippen LogP contribution in [0.4, 0.5) is 5.69 Å². The maximum atomic E-state index is 10.6. The molecule has 0 aliphatic rings. The second-order valence-corrected chi connectivity index (χ2v) is 3.01. The van der Waals surface area contributed by atoms with Gasteiger partial charge < -0.3 is 20.9 Å². The summed E-state index contributed by atoms with van der Waals surface area (Å²) in [5, 5.41) is 11.6. The van der Waals surface area contributed by atoms with Crippen molar-refractivity contribution >= 4 is 11.7 Å². The Bertz CT molecular complexity index is 353. The fourth-order valence-corrected chi connectivity index (χ4v) is 1.08. The Morgan fingerprint density at radius 1 is 1.60 bits per heavy atom. The molecule has 5 nitrogen and oxygen atoms in total. The number of hydrogen-bond acceptors (Lipinski definition) is 4. The molecule has 0 unspecified atom stereocenters. The lowest BCUT2D eigenvalue weighted by atomic mass is 10.2. The predicted octanol–water partition coefficient (Wildman–Crippen LogP) is 0.565. The second kappa shape index (κ2) is 5.21. The molecule has 5 heteroatoms. The fraction of sp³-hybridized carbons (Fsp3) is 0.300. The molecule has 0 saturated carbocycles. The summed E-state index contributed by atoms with van der Waals surface area (Å²) in [7, 11) is 1.82. The molecule has 0 spiro atoms. The topological polar surface area (TPSA) is 84.6 Å². The highest BCUT2D eigenvalue weighted by Gasteiger charge is 2.06. The molecule has 82 valence electrons. The standard InChI is InChI=1S/C10H14N2O3/c1-12-4-5-15-9-3-2-7(10(13)14)6-8(9)11/h2-3,6,12H,4-5,11H2,1H3,(H,13,14). The number of carbonyl (C=O) groups is 1. The highest BCUT2D eigenvalue weighted by Crippen LogP contribution is 2.22. The molecule has 0 aliphatic carbocycles. The van der Waals surface area contributed by atoms with Gasteiger partial charge in [-0.15, -0.1) is 0 Å². The van der Waals surface area contributed by atoms with Crippen LogP contribution in [0.1, 0.15) is 10.4 Å². The zero-order valence-corrected chi connectivity index (χ0v) is 8.49. The summed E-state index contributed by atoms with van der Waals surface area (Å²) in [6.45, 7) is 1.20. The van der Waals surface area contributed by atoms with Crippen molar-refractivity contribution in [3.63, 3.8) is 0 Å². The molecule has 0 fully saturated rings. The lowest BCUT2D eigenvalue weighted by molar-refractivity contribution is 0.0697. The number of benzene rings is 1. The fourth-order valence-electron chi connectivity index (χ4n) is 1.08. The molecule has 1 aromatic carbocycles. The second-order valence-electron chi connectivity index (χ2n) is 3.01. The first-order valence-corrected chi connectivity index (χ1v) is 4.55. The van der Waals surface area contributed by atoms with E-state index in [-0.39, 0.29) is 5.56 Å². The van der Waals surface area contributed by atoms with Gasteiger partial charge in [-0.3, -0.25) is 0 Å². The Labute approximate surface area is 87.9 Å². The predicted molar refractivity (Wildman–Crippen MR) is 57.2 cm³/mol. The van der Waals surface area contributed by atoms with Crippen LogP contribution in [0.3, 0.4) is 0 Å². The van der Waals surface area contributed by atoms with Crippen LogP contribution < -0.4 is 15.8 Å². The van der Waals surface area contributed by atoms with E-state index in [4.69, 9.17) is 15.6 Å². The van der Waals surface area contributed by atoms with Gasteiger partial charge in [0.2, 0.25) is 0 Å². The van der Waals surface area contributed by atoms with Crippen LogP contribution in [-0.4, -0.2) is 31.3 Å². The maximum Gasteiger partial charge on any atom is 0.335 e. The van der Waals surface area contributed by atoms with Gasteiger partial charge in [0, 0.05) is 6.54 Å². The molecule has 0 bridgehead atoms. The Morgan fingerprint density at radius 2 is 2.33 bits per heavy atom. The average Bonchev–Trinajstić information content (AvgIpc) is 2.20. The molecule has 0 radical (unpaired) electrons. The quantitative estimate of drug-likeness (QED) is 0.488. The third-order valence-corrected chi connectivity index (χ3v) is 1.87. The van der Waals surface area contributed by atoms with E-state index in [1.54, 1.807) is 6.07 Å². The van der Waals surface area contributed by atoms with Crippen molar-refractivity contribution in [2.75, 3.05) is 25.9 Å². The monoisotopic (exact) mass is 210 g/mol. The number of carboxylic acids is 1. The van der Waals surface area contributed by atoms with Crippen LogP contribution >= 0.6 is 0 Å². The zero-order valence-electron chi connectivity index (χ0n) is 8.49. The molecule has 0 aliphatic heterocycles. The third-order valence-electron chi connectivity index (χ3n) is 1.87. The molecule has 1 aromatic rings. The summed E-state index contributed by atoms with van der Waals surface area (Å²) in [5.74, 6) is -0.487. The van der Waals surface area contributed by atoms with Crippen LogP contribution in [0.25, 0.3) is 0 Å². The van der Waals surface area contributed by atoms with Crippen molar-refractivity contribution in [2.45, 2.75) is 0 Å². The minimum Gasteiger partial charge on any atom is -0.490 e. The lowest BCUT2D eigenvalue weighted by Crippen LogP contribution is -2.16. The number of anilines is 1. The normalized spacial score (nSPS) is 9.93. The number of rotatable bonds is 5. The number of nitrogen functional groups attached to an aromatic ring is 1. The van der Waals surface area contributed by atoms with E-state index in [0.29, 0.717) is 24.6 Å². The van der Waals surface area contributed by atoms with Crippen LogP contribution in [0.15, 0.2) is 18.2 Å². The summed E-state index contributed by atoms with van der Waals surface area (Å²) in [6.07, 6.45) is 0. The van der Waals surface area contributed by atoms with Crippen molar-refractivity contribution in [3.05, 3.63) is 23.8 Å². The van der Waals surface area contributed by atoms with E-state index in [9.17, 15) is 4.79 Å². The highest BCUT2D eigenvalue weighted by atomic mass is 16.5. The van der Waals surface area contributed by atoms with Gasteiger partial charge in [0.25, 0.3) is 0 Å². The van der Waals surface area contributed by atoms with E-state index in [2.05, 4.69) is 5.32 Å². The van der Waals surface area contributed by atoms with Crippen molar-refractivity contribution in [3.8, 4) is 5.75 Å². The van der Waals surface area contributed by atoms with Gasteiger partial charge in [0.1, 0.15) is 12.4 Å². The van der Waals surface area contributed by atoms with Crippen LogP contribution in [-0.2, 0) is 0 Å². The third kappa shape index (κ3) is 3.14. The van der Waals surface area contributed by atoms with Gasteiger partial charge in [-0.25, -0.2) is 4.79 Å². The van der Waals surface area contributed by atoms with E-state index < -0.39 is 5.97 Å². The van der Waals surface area contributed by atoms with Gasteiger partial charge >= 0.3 is 5.97 Å². The number of hydrogen-bond donors (Lipinski definition) is 3. The maximum absolute atomic E-state index is 10.6. The van der Waals surface area contributed by atoms with E-state index >= 15 is 0 Å². The zero-order chi connectivity index (χ0) is 11.3. The molecular formula is C10H14N2O3. The molecule has 4 N–H and O–H groups in total. The minimum atomic E-state index is -0.997. The molecule has 0 atom stereocenters. The van der Waals surface area contributed by atoms with E-state index in [0.717, 1.165) is 0 Å². The molecule has 15 heavy (non-hydrogen) atoms. The Kier molecular flexibility index (Phi) is 3.93. The first-order chi connectivity index (χ1) is 7.15. The van der Waals surface area contributed by atoms with Crippen LogP contribution in [0.5, 0.6) is 5.75 Å². The van der Waals surface area contributed by atoms with Crippen molar-refractivity contribution in [2.24, 2.45) is 0 Å². The Hall–Kier alpha value is -1.75. The number of likely N-dealkylation sites (N-methyl/N-ethyl adjacent to an activating group) is 1. The molecule has 1 rings (SSSR count). The van der Waals surface area contributed by atoms with Crippen molar-refractivity contribution in [1.29, 1.82) is 0 Å². The van der Waals surface area contributed by atoms with Crippen molar-refractivity contribution < 1.29 is 14.6 Å². The Balaban J connectivity index is 2.70. The number of nitrogens with one attached hydrogen (secondary N) is 1. The molecule has 0 saturated heterocycles. The Morgan fingerprint density at radius 3 is 2.87 bits per heavy atom. The van der Waals surface area contributed by atoms with Gasteiger partial charge in [-0.05, 0) is 25.2 Å². The number of carboxylic acid groups (broad SMARTS) is 1. The van der Waals surface area contributed by atoms with E-state index in [1.165, 1.54) is 12.1 Å². The van der Waals surface area contributed by atoms with Gasteiger partial charge in [0.05, 0.1) is 11.3 Å². The van der Waals surface area contributed by atoms with E-state index in [1.807, 2.05) is 7.05 Å². The smallest absolute Gasteiger partial charge is 0.335 e. The van der Waals surface area contributed by atoms with Gasteiger partial charge in [-0.1, -0.05) is 0 Å². The largest absolute Gasteiger partial charge is 0.490 e.